The topological polar surface area (TPSA) is 114 Å². The average Bonchev–Trinajstić information content (AvgIpc) is 3.31. The highest BCUT2D eigenvalue weighted by atomic mass is 16.5. The van der Waals surface area contributed by atoms with E-state index in [1.165, 1.54) is 13.8 Å². The number of carboxylic acid groups (broad SMARTS) is 1. The van der Waals surface area contributed by atoms with E-state index in [9.17, 15) is 19.5 Å². The zero-order valence-corrected chi connectivity index (χ0v) is 18.0. The molecule has 1 saturated heterocycles. The predicted octanol–water partition coefficient (Wildman–Crippen LogP) is 2.52. The molecule has 0 radical (unpaired) electrons. The molecule has 3 N–H and O–H groups in total. The van der Waals surface area contributed by atoms with Gasteiger partial charge in [0, 0.05) is 5.92 Å². The zero-order valence-electron chi connectivity index (χ0n) is 18.0. The smallest absolute Gasteiger partial charge is 0.407 e. The Morgan fingerprint density at radius 2 is 1.72 bits per heavy atom. The van der Waals surface area contributed by atoms with Gasteiger partial charge in [0.05, 0.1) is 19.3 Å². The monoisotopic (exact) mass is 438 g/mol. The Bertz CT molecular complexity index is 1010. The van der Waals surface area contributed by atoms with Crippen molar-refractivity contribution in [2.75, 3.05) is 19.8 Å². The van der Waals surface area contributed by atoms with Crippen molar-refractivity contribution in [1.82, 2.24) is 10.6 Å². The van der Waals surface area contributed by atoms with Gasteiger partial charge in [-0.15, -0.1) is 0 Å². The van der Waals surface area contributed by atoms with Crippen LogP contribution in [0.2, 0.25) is 0 Å². The molecule has 0 saturated carbocycles. The van der Waals surface area contributed by atoms with Crippen LogP contribution in [0.3, 0.4) is 0 Å². The molecule has 8 heteroatoms. The highest BCUT2D eigenvalue weighted by molar-refractivity contribution is 5.86. The van der Waals surface area contributed by atoms with E-state index in [2.05, 4.69) is 22.8 Å². The van der Waals surface area contributed by atoms with Crippen LogP contribution in [0.25, 0.3) is 11.1 Å². The van der Waals surface area contributed by atoms with Crippen LogP contribution in [0, 0.1) is 5.41 Å². The number of hydrogen-bond donors (Lipinski definition) is 3. The molecular formula is C24H26N2O6. The number of carboxylic acids is 1. The van der Waals surface area contributed by atoms with Gasteiger partial charge in [-0.3, -0.25) is 9.59 Å². The number of fused-ring (bicyclic) bond motifs is 3. The first-order valence-corrected chi connectivity index (χ1v) is 10.5. The number of alkyl carbamates (subject to hydrolysis) is 1. The Morgan fingerprint density at radius 1 is 1.12 bits per heavy atom. The summed E-state index contributed by atoms with van der Waals surface area (Å²) in [4.78, 5) is 36.4. The minimum absolute atomic E-state index is 0.0153. The van der Waals surface area contributed by atoms with Crippen LogP contribution >= 0.6 is 0 Å². The Balaban J connectivity index is 1.34. The summed E-state index contributed by atoms with van der Waals surface area (Å²) in [5.74, 6) is -1.62. The standard InChI is InChI=1S/C24H26N2O6/c1-14(21(27)26-20-12-31-13-24(20,2)22(28)29)25-23(30)32-11-19-17-9-5-3-7-15(17)16-8-4-6-10-18(16)19/h3-10,14,19-20H,11-13H2,1-2H3,(H,25,30)(H,26,27)(H,28,29)/t14-,20?,24?/m1/s1. The van der Waals surface area contributed by atoms with Crippen LogP contribution < -0.4 is 10.6 Å². The lowest BCUT2D eigenvalue weighted by molar-refractivity contribution is -0.149. The molecule has 4 rings (SSSR count). The van der Waals surface area contributed by atoms with Gasteiger partial charge in [0.25, 0.3) is 0 Å². The molecule has 2 amide bonds. The molecule has 2 aromatic carbocycles. The molecule has 2 aromatic rings. The highest BCUT2D eigenvalue weighted by Gasteiger charge is 2.47. The van der Waals surface area contributed by atoms with E-state index < -0.39 is 35.5 Å². The van der Waals surface area contributed by atoms with Gasteiger partial charge >= 0.3 is 12.1 Å². The third kappa shape index (κ3) is 3.93. The van der Waals surface area contributed by atoms with Gasteiger partial charge < -0.3 is 25.2 Å². The maximum Gasteiger partial charge on any atom is 0.407 e. The van der Waals surface area contributed by atoms with E-state index in [0.29, 0.717) is 0 Å². The van der Waals surface area contributed by atoms with Crippen LogP contribution in [0.4, 0.5) is 4.79 Å². The van der Waals surface area contributed by atoms with Gasteiger partial charge in [-0.25, -0.2) is 4.79 Å². The molecular weight excluding hydrogens is 412 g/mol. The van der Waals surface area contributed by atoms with Gasteiger partial charge in [0.15, 0.2) is 0 Å². The van der Waals surface area contributed by atoms with E-state index in [1.54, 1.807) is 0 Å². The number of rotatable bonds is 6. The fourth-order valence-electron chi connectivity index (χ4n) is 4.26. The maximum atomic E-state index is 12.5. The van der Waals surface area contributed by atoms with Gasteiger partial charge in [-0.1, -0.05) is 48.5 Å². The number of amides is 2. The van der Waals surface area contributed by atoms with Crippen molar-refractivity contribution < 1.29 is 29.0 Å². The molecule has 3 atom stereocenters. The van der Waals surface area contributed by atoms with Crippen LogP contribution in [0.1, 0.15) is 30.9 Å². The first kappa shape index (κ1) is 21.8. The van der Waals surface area contributed by atoms with E-state index in [0.717, 1.165) is 22.3 Å². The summed E-state index contributed by atoms with van der Waals surface area (Å²) in [6.45, 7) is 3.30. The summed E-state index contributed by atoms with van der Waals surface area (Å²) in [7, 11) is 0. The minimum Gasteiger partial charge on any atom is -0.481 e. The molecule has 8 nitrogen and oxygen atoms in total. The number of carbonyl (C=O) groups excluding carboxylic acids is 2. The summed E-state index contributed by atoms with van der Waals surface area (Å²) in [5, 5.41) is 14.6. The van der Waals surface area contributed by atoms with Crippen LogP contribution in [0.5, 0.6) is 0 Å². The molecule has 1 aliphatic carbocycles. The summed E-state index contributed by atoms with van der Waals surface area (Å²) in [6.07, 6.45) is -0.710. The summed E-state index contributed by atoms with van der Waals surface area (Å²) >= 11 is 0. The number of ether oxygens (including phenoxy) is 2. The summed E-state index contributed by atoms with van der Waals surface area (Å²) in [5.41, 5.74) is 3.25. The van der Waals surface area contributed by atoms with Crippen molar-refractivity contribution in [3.8, 4) is 11.1 Å². The first-order valence-electron chi connectivity index (χ1n) is 10.5. The molecule has 2 aliphatic rings. The summed E-state index contributed by atoms with van der Waals surface area (Å²) in [6, 6.07) is 14.5. The highest BCUT2D eigenvalue weighted by Crippen LogP contribution is 2.44. The van der Waals surface area contributed by atoms with Crippen molar-refractivity contribution >= 4 is 18.0 Å². The normalized spacial score (nSPS) is 22.5. The van der Waals surface area contributed by atoms with Crippen molar-refractivity contribution in [2.45, 2.75) is 31.8 Å². The van der Waals surface area contributed by atoms with Gasteiger partial charge in [-0.2, -0.15) is 0 Å². The fourth-order valence-corrected chi connectivity index (χ4v) is 4.26. The lowest BCUT2D eigenvalue weighted by atomic mass is 9.85. The van der Waals surface area contributed by atoms with Crippen LogP contribution in [-0.2, 0) is 19.1 Å². The maximum absolute atomic E-state index is 12.5. The number of hydrogen-bond acceptors (Lipinski definition) is 5. The van der Waals surface area contributed by atoms with Crippen molar-refractivity contribution in [1.29, 1.82) is 0 Å². The summed E-state index contributed by atoms with van der Waals surface area (Å²) < 4.78 is 10.7. The van der Waals surface area contributed by atoms with Gasteiger partial charge in [-0.05, 0) is 36.1 Å². The van der Waals surface area contributed by atoms with Crippen LogP contribution in [-0.4, -0.2) is 55.0 Å². The van der Waals surface area contributed by atoms with E-state index in [1.807, 2.05) is 36.4 Å². The molecule has 2 unspecified atom stereocenters. The average molecular weight is 438 g/mol. The SMILES string of the molecule is C[C@@H](NC(=O)OCC1c2ccccc2-c2ccccc21)C(=O)NC1COCC1(C)C(=O)O. The fraction of sp³-hybridized carbons (Fsp3) is 0.375. The van der Waals surface area contributed by atoms with Crippen molar-refractivity contribution in [3.63, 3.8) is 0 Å². The number of benzene rings is 2. The minimum atomic E-state index is -1.21. The second-order valence-electron chi connectivity index (χ2n) is 8.49. The predicted molar refractivity (Wildman–Crippen MR) is 116 cm³/mol. The third-order valence-corrected chi connectivity index (χ3v) is 6.33. The van der Waals surface area contributed by atoms with Crippen molar-refractivity contribution in [3.05, 3.63) is 59.7 Å². The quantitative estimate of drug-likeness (QED) is 0.639. The van der Waals surface area contributed by atoms with Crippen molar-refractivity contribution in [2.24, 2.45) is 5.41 Å². The van der Waals surface area contributed by atoms with Gasteiger partial charge in [0.2, 0.25) is 5.91 Å². The molecule has 32 heavy (non-hydrogen) atoms. The lowest BCUT2D eigenvalue weighted by Gasteiger charge is -2.26. The Kier molecular flexibility index (Phi) is 5.88. The van der Waals surface area contributed by atoms with E-state index in [-0.39, 0.29) is 25.7 Å². The molecule has 0 spiro atoms. The molecule has 1 heterocycles. The Labute approximate surface area is 185 Å². The first-order chi connectivity index (χ1) is 15.3. The van der Waals surface area contributed by atoms with Gasteiger partial charge in [0.1, 0.15) is 18.1 Å². The molecule has 168 valence electrons. The number of carbonyl (C=O) groups is 3. The van der Waals surface area contributed by atoms with Crippen LogP contribution in [0.15, 0.2) is 48.5 Å². The van der Waals surface area contributed by atoms with E-state index in [4.69, 9.17) is 9.47 Å². The number of aliphatic carboxylic acids is 1. The molecule has 1 aliphatic heterocycles. The third-order valence-electron chi connectivity index (χ3n) is 6.33. The Hall–Kier alpha value is -3.39. The molecule has 0 bridgehead atoms. The largest absolute Gasteiger partial charge is 0.481 e. The number of nitrogens with one attached hydrogen (secondary N) is 2. The second-order valence-corrected chi connectivity index (χ2v) is 8.49. The lowest BCUT2D eigenvalue weighted by Crippen LogP contribution is -2.54. The second kappa shape index (κ2) is 8.63. The molecule has 1 fully saturated rings. The Morgan fingerprint density at radius 3 is 2.31 bits per heavy atom. The molecule has 0 aromatic heterocycles. The van der Waals surface area contributed by atoms with E-state index >= 15 is 0 Å². The zero-order chi connectivity index (χ0) is 22.9.